The van der Waals surface area contributed by atoms with Crippen LogP contribution in [0.15, 0.2) is 60.7 Å². The van der Waals surface area contributed by atoms with Crippen molar-refractivity contribution in [3.63, 3.8) is 0 Å². The second-order valence-electron chi connectivity index (χ2n) is 7.76. The maximum atomic E-state index is 13.3. The van der Waals surface area contributed by atoms with Gasteiger partial charge in [0.1, 0.15) is 6.04 Å². The molecular weight excluding hydrogens is 364 g/mol. The monoisotopic (exact) mass is 392 g/mol. The number of likely N-dealkylation sites (tertiary alicyclic amines) is 1. The normalized spacial score (nSPS) is 19.6. The summed E-state index contributed by atoms with van der Waals surface area (Å²) in [6.07, 6.45) is 2.01. The molecule has 2 fully saturated rings. The van der Waals surface area contributed by atoms with E-state index in [9.17, 15) is 9.59 Å². The van der Waals surface area contributed by atoms with Crippen molar-refractivity contribution in [3.05, 3.63) is 71.8 Å². The molecule has 0 bridgehead atoms. The third-order valence-electron chi connectivity index (χ3n) is 5.96. The van der Waals surface area contributed by atoms with Crippen LogP contribution in [0.2, 0.25) is 0 Å². The predicted molar refractivity (Wildman–Crippen MR) is 111 cm³/mol. The van der Waals surface area contributed by atoms with Gasteiger partial charge in [0, 0.05) is 32.0 Å². The quantitative estimate of drug-likeness (QED) is 0.786. The molecule has 2 saturated heterocycles. The number of ether oxygens (including phenoxy) is 1. The van der Waals surface area contributed by atoms with E-state index in [0.29, 0.717) is 39.3 Å². The number of morpholine rings is 1. The molecule has 2 aliphatic rings. The van der Waals surface area contributed by atoms with Gasteiger partial charge in [-0.15, -0.1) is 0 Å². The Bertz CT molecular complexity index is 779. The Morgan fingerprint density at radius 3 is 2.07 bits per heavy atom. The minimum absolute atomic E-state index is 0.00959. The smallest absolute Gasteiger partial charge is 0.245 e. The lowest BCUT2D eigenvalue weighted by Gasteiger charge is -2.33. The van der Waals surface area contributed by atoms with Gasteiger partial charge in [-0.1, -0.05) is 60.7 Å². The standard InChI is InChI=1S/C24H28N2O3/c27-23(26-13-7-12-22(26)24(28)25-14-16-29-17-15-25)18-21(19-8-3-1-4-9-19)20-10-5-2-6-11-20/h1-6,8-11,21-22H,7,12-18H2/t22-/m0/s1. The molecule has 2 aliphatic heterocycles. The fourth-order valence-electron chi connectivity index (χ4n) is 4.41. The van der Waals surface area contributed by atoms with E-state index < -0.39 is 0 Å². The van der Waals surface area contributed by atoms with Crippen LogP contribution in [0.25, 0.3) is 0 Å². The first-order chi connectivity index (χ1) is 14.2. The molecule has 4 rings (SSSR count). The molecule has 0 aliphatic carbocycles. The molecule has 0 aromatic heterocycles. The molecule has 5 heteroatoms. The fourth-order valence-corrected chi connectivity index (χ4v) is 4.41. The Morgan fingerprint density at radius 1 is 0.897 bits per heavy atom. The summed E-state index contributed by atoms with van der Waals surface area (Å²) in [5.74, 6) is 0.131. The first kappa shape index (κ1) is 19.6. The van der Waals surface area contributed by atoms with Crippen molar-refractivity contribution in [1.82, 2.24) is 9.80 Å². The van der Waals surface area contributed by atoms with E-state index in [2.05, 4.69) is 24.3 Å². The van der Waals surface area contributed by atoms with Gasteiger partial charge >= 0.3 is 0 Å². The highest BCUT2D eigenvalue weighted by molar-refractivity contribution is 5.88. The van der Waals surface area contributed by atoms with Crippen molar-refractivity contribution in [1.29, 1.82) is 0 Å². The highest BCUT2D eigenvalue weighted by atomic mass is 16.5. The maximum absolute atomic E-state index is 13.3. The molecule has 0 saturated carbocycles. The number of nitrogens with zero attached hydrogens (tertiary/aromatic N) is 2. The number of benzene rings is 2. The molecule has 0 radical (unpaired) electrons. The number of amides is 2. The average Bonchev–Trinajstić information content (AvgIpc) is 3.29. The summed E-state index contributed by atoms with van der Waals surface area (Å²) in [5.41, 5.74) is 2.25. The van der Waals surface area contributed by atoms with Crippen LogP contribution in [0.5, 0.6) is 0 Å². The Hall–Kier alpha value is -2.66. The summed E-state index contributed by atoms with van der Waals surface area (Å²) in [4.78, 5) is 30.0. The van der Waals surface area contributed by atoms with Gasteiger partial charge in [0.05, 0.1) is 13.2 Å². The maximum Gasteiger partial charge on any atom is 0.245 e. The van der Waals surface area contributed by atoms with E-state index >= 15 is 0 Å². The predicted octanol–water partition coefficient (Wildman–Crippen LogP) is 3.06. The zero-order chi connectivity index (χ0) is 20.1. The number of hydrogen-bond acceptors (Lipinski definition) is 3. The van der Waals surface area contributed by atoms with E-state index in [0.717, 1.165) is 24.0 Å². The number of hydrogen-bond donors (Lipinski definition) is 0. The number of carbonyl (C=O) groups excluding carboxylic acids is 2. The van der Waals surface area contributed by atoms with Crippen LogP contribution < -0.4 is 0 Å². The topological polar surface area (TPSA) is 49.9 Å². The van der Waals surface area contributed by atoms with Crippen LogP contribution in [-0.4, -0.2) is 60.5 Å². The minimum Gasteiger partial charge on any atom is -0.378 e. The lowest BCUT2D eigenvalue weighted by atomic mass is 9.88. The molecular formula is C24H28N2O3. The molecule has 2 aromatic rings. The van der Waals surface area contributed by atoms with Gasteiger partial charge in [-0.2, -0.15) is 0 Å². The summed E-state index contributed by atoms with van der Waals surface area (Å²) in [7, 11) is 0. The summed E-state index contributed by atoms with van der Waals surface area (Å²) in [5, 5.41) is 0. The van der Waals surface area contributed by atoms with Gasteiger partial charge in [0.15, 0.2) is 0 Å². The van der Waals surface area contributed by atoms with Crippen molar-refractivity contribution in [3.8, 4) is 0 Å². The second-order valence-corrected chi connectivity index (χ2v) is 7.76. The van der Waals surface area contributed by atoms with E-state index in [4.69, 9.17) is 4.74 Å². The van der Waals surface area contributed by atoms with Crippen LogP contribution in [0.4, 0.5) is 0 Å². The molecule has 0 N–H and O–H groups in total. The Labute approximate surface area is 172 Å². The van der Waals surface area contributed by atoms with Gasteiger partial charge in [0.2, 0.25) is 11.8 Å². The van der Waals surface area contributed by atoms with Crippen LogP contribution in [0.3, 0.4) is 0 Å². The van der Waals surface area contributed by atoms with Crippen molar-refractivity contribution in [2.24, 2.45) is 0 Å². The van der Waals surface area contributed by atoms with Crippen LogP contribution in [0.1, 0.15) is 36.3 Å². The molecule has 5 nitrogen and oxygen atoms in total. The summed E-state index contributed by atoms with van der Waals surface area (Å²) < 4.78 is 5.36. The third-order valence-corrected chi connectivity index (χ3v) is 5.96. The molecule has 29 heavy (non-hydrogen) atoms. The molecule has 152 valence electrons. The van der Waals surface area contributed by atoms with Crippen LogP contribution >= 0.6 is 0 Å². The third kappa shape index (κ3) is 4.51. The van der Waals surface area contributed by atoms with Crippen molar-refractivity contribution < 1.29 is 14.3 Å². The molecule has 2 heterocycles. The largest absolute Gasteiger partial charge is 0.378 e. The van der Waals surface area contributed by atoms with E-state index in [1.165, 1.54) is 0 Å². The van der Waals surface area contributed by atoms with E-state index in [1.54, 1.807) is 0 Å². The molecule has 0 spiro atoms. The van der Waals surface area contributed by atoms with Gasteiger partial charge in [0.25, 0.3) is 0 Å². The van der Waals surface area contributed by atoms with Crippen molar-refractivity contribution in [2.75, 3.05) is 32.8 Å². The summed E-state index contributed by atoms with van der Waals surface area (Å²) in [6, 6.07) is 20.0. The van der Waals surface area contributed by atoms with Gasteiger partial charge in [-0.25, -0.2) is 0 Å². The first-order valence-electron chi connectivity index (χ1n) is 10.5. The second kappa shape index (κ2) is 9.23. The SMILES string of the molecule is O=C([C@@H]1CCCN1C(=O)CC(c1ccccc1)c1ccccc1)N1CCOCC1. The van der Waals surface area contributed by atoms with Gasteiger partial charge in [-0.3, -0.25) is 9.59 Å². The van der Waals surface area contributed by atoms with Crippen molar-refractivity contribution in [2.45, 2.75) is 31.2 Å². The van der Waals surface area contributed by atoms with Gasteiger partial charge in [-0.05, 0) is 24.0 Å². The highest BCUT2D eigenvalue weighted by Gasteiger charge is 2.37. The van der Waals surface area contributed by atoms with E-state index in [1.807, 2.05) is 46.2 Å². The summed E-state index contributed by atoms with van der Waals surface area (Å²) in [6.45, 7) is 3.06. The minimum atomic E-state index is -0.326. The molecule has 0 unspecified atom stereocenters. The number of carbonyl (C=O) groups is 2. The number of rotatable bonds is 5. The van der Waals surface area contributed by atoms with Gasteiger partial charge < -0.3 is 14.5 Å². The lowest BCUT2D eigenvalue weighted by molar-refractivity contribution is -0.146. The fraction of sp³-hybridized carbons (Fsp3) is 0.417. The summed E-state index contributed by atoms with van der Waals surface area (Å²) >= 11 is 0. The van der Waals surface area contributed by atoms with Crippen molar-refractivity contribution >= 4 is 11.8 Å². The zero-order valence-electron chi connectivity index (χ0n) is 16.7. The Morgan fingerprint density at radius 2 is 1.48 bits per heavy atom. The zero-order valence-corrected chi connectivity index (χ0v) is 16.7. The Balaban J connectivity index is 1.51. The van der Waals surface area contributed by atoms with Crippen LogP contribution in [0, 0.1) is 0 Å². The highest BCUT2D eigenvalue weighted by Crippen LogP contribution is 2.30. The molecule has 1 atom stereocenters. The van der Waals surface area contributed by atoms with Crippen LogP contribution in [-0.2, 0) is 14.3 Å². The Kier molecular flexibility index (Phi) is 6.25. The molecule has 2 aromatic carbocycles. The lowest BCUT2D eigenvalue weighted by Crippen LogP contribution is -2.51. The first-order valence-corrected chi connectivity index (χ1v) is 10.5. The molecule has 2 amide bonds. The average molecular weight is 392 g/mol. The van der Waals surface area contributed by atoms with E-state index in [-0.39, 0.29) is 23.8 Å².